The molecule has 1 saturated heterocycles. The minimum absolute atomic E-state index is 0.00240. The number of furan rings is 1. The topological polar surface area (TPSA) is 71.4 Å². The van der Waals surface area contributed by atoms with Gasteiger partial charge in [-0.1, -0.05) is 12.1 Å². The van der Waals surface area contributed by atoms with E-state index >= 15 is 0 Å². The van der Waals surface area contributed by atoms with Crippen LogP contribution in [-0.2, 0) is 0 Å². The van der Waals surface area contributed by atoms with Crippen molar-refractivity contribution in [1.29, 1.82) is 0 Å². The number of benzene rings is 2. The van der Waals surface area contributed by atoms with Crippen molar-refractivity contribution in [3.8, 4) is 5.75 Å². The normalized spacial score (nSPS) is 17.3. The molecular formula is C22H21N3O3. The molecule has 4 aromatic rings. The molecular weight excluding hydrogens is 354 g/mol. The largest absolute Gasteiger partial charge is 0.496 e. The van der Waals surface area contributed by atoms with Crippen molar-refractivity contribution in [2.75, 3.05) is 20.2 Å². The molecule has 1 amide bonds. The average Bonchev–Trinajstić information content (AvgIpc) is 3.39. The van der Waals surface area contributed by atoms with Gasteiger partial charge >= 0.3 is 0 Å². The van der Waals surface area contributed by atoms with Gasteiger partial charge in [-0.25, -0.2) is 4.98 Å². The quantitative estimate of drug-likeness (QED) is 0.578. The first-order valence-electron chi connectivity index (χ1n) is 9.52. The van der Waals surface area contributed by atoms with Gasteiger partial charge in [0.2, 0.25) is 0 Å². The van der Waals surface area contributed by atoms with Crippen molar-refractivity contribution < 1.29 is 13.9 Å². The number of para-hydroxylation sites is 2. The number of carbonyl (C=O) groups is 1. The molecule has 5 rings (SSSR count). The summed E-state index contributed by atoms with van der Waals surface area (Å²) in [7, 11) is 1.61. The number of hydrogen-bond donors (Lipinski definition) is 1. The third-order valence-electron chi connectivity index (χ3n) is 5.50. The number of nitrogens with one attached hydrogen (secondary N) is 1. The third-order valence-corrected chi connectivity index (χ3v) is 5.50. The molecule has 2 aromatic heterocycles. The number of hydrogen-bond acceptors (Lipinski definition) is 4. The zero-order valence-corrected chi connectivity index (χ0v) is 15.6. The van der Waals surface area contributed by atoms with E-state index in [4.69, 9.17) is 14.1 Å². The minimum Gasteiger partial charge on any atom is -0.496 e. The number of methoxy groups -OCH3 is 1. The molecule has 1 aliphatic heterocycles. The first-order chi connectivity index (χ1) is 13.7. The van der Waals surface area contributed by atoms with Crippen molar-refractivity contribution in [2.45, 2.75) is 18.8 Å². The van der Waals surface area contributed by atoms with Gasteiger partial charge in [0.05, 0.1) is 29.8 Å². The summed E-state index contributed by atoms with van der Waals surface area (Å²) >= 11 is 0. The van der Waals surface area contributed by atoms with Crippen LogP contribution in [-0.4, -0.2) is 41.0 Å². The van der Waals surface area contributed by atoms with E-state index in [2.05, 4.69) is 4.98 Å². The van der Waals surface area contributed by atoms with E-state index in [1.165, 1.54) is 0 Å². The number of likely N-dealkylation sites (tertiary alicyclic amines) is 1. The van der Waals surface area contributed by atoms with E-state index < -0.39 is 0 Å². The predicted molar refractivity (Wildman–Crippen MR) is 107 cm³/mol. The Balaban J connectivity index is 1.42. The van der Waals surface area contributed by atoms with Gasteiger partial charge in [0.15, 0.2) is 0 Å². The average molecular weight is 375 g/mol. The number of H-pyrrole nitrogens is 1. The van der Waals surface area contributed by atoms with Crippen LogP contribution in [0.4, 0.5) is 0 Å². The SMILES string of the molecule is COc1cc(C(=O)N2CCCC(c3nc4ccccc4[nH]3)C2)cc2occc12. The van der Waals surface area contributed by atoms with Crippen molar-refractivity contribution >= 4 is 27.9 Å². The maximum absolute atomic E-state index is 13.2. The van der Waals surface area contributed by atoms with Crippen LogP contribution in [0.2, 0.25) is 0 Å². The van der Waals surface area contributed by atoms with Gasteiger partial charge in [0.25, 0.3) is 5.91 Å². The highest BCUT2D eigenvalue weighted by Gasteiger charge is 2.28. The second-order valence-corrected chi connectivity index (χ2v) is 7.24. The molecule has 0 saturated carbocycles. The molecule has 1 fully saturated rings. The van der Waals surface area contributed by atoms with Crippen LogP contribution in [0, 0.1) is 0 Å². The molecule has 1 unspecified atom stereocenters. The van der Waals surface area contributed by atoms with Crippen LogP contribution in [0.1, 0.15) is 34.9 Å². The Bertz CT molecular complexity index is 1130. The molecule has 28 heavy (non-hydrogen) atoms. The molecule has 2 aromatic carbocycles. The van der Waals surface area contributed by atoms with Crippen LogP contribution >= 0.6 is 0 Å². The minimum atomic E-state index is -0.00240. The van der Waals surface area contributed by atoms with E-state index in [1.54, 1.807) is 25.5 Å². The summed E-state index contributed by atoms with van der Waals surface area (Å²) in [6.45, 7) is 1.39. The van der Waals surface area contributed by atoms with Crippen LogP contribution in [0.25, 0.3) is 22.0 Å². The standard InChI is InChI=1S/C22H21N3O3/c1-27-19-11-15(12-20-16(19)8-10-28-20)22(26)25-9-4-5-14(13-25)21-23-17-6-2-3-7-18(17)24-21/h2-3,6-8,10-12,14H,4-5,9,13H2,1H3,(H,23,24). The number of aromatic nitrogens is 2. The van der Waals surface area contributed by atoms with Crippen LogP contribution in [0.15, 0.2) is 53.1 Å². The molecule has 6 nitrogen and oxygen atoms in total. The van der Waals surface area contributed by atoms with E-state index in [0.29, 0.717) is 23.4 Å². The molecule has 1 N–H and O–H groups in total. The van der Waals surface area contributed by atoms with Crippen molar-refractivity contribution in [3.05, 3.63) is 60.1 Å². The van der Waals surface area contributed by atoms with E-state index in [1.807, 2.05) is 35.2 Å². The highest BCUT2D eigenvalue weighted by atomic mass is 16.5. The summed E-state index contributed by atoms with van der Waals surface area (Å²) in [6, 6.07) is 13.5. The Morgan fingerprint density at radius 1 is 1.29 bits per heavy atom. The maximum Gasteiger partial charge on any atom is 0.254 e. The van der Waals surface area contributed by atoms with Gasteiger partial charge in [0, 0.05) is 24.6 Å². The second kappa shape index (κ2) is 6.71. The number of imidazole rings is 1. The Labute approximate surface area is 162 Å². The van der Waals surface area contributed by atoms with E-state index in [0.717, 1.165) is 41.6 Å². The third kappa shape index (κ3) is 2.81. The molecule has 1 aliphatic rings. The number of rotatable bonds is 3. The molecule has 0 spiro atoms. The van der Waals surface area contributed by atoms with Crippen LogP contribution in [0.3, 0.4) is 0 Å². The molecule has 1 atom stereocenters. The lowest BCUT2D eigenvalue weighted by molar-refractivity contribution is 0.0704. The summed E-state index contributed by atoms with van der Waals surface area (Å²) in [4.78, 5) is 23.2. The van der Waals surface area contributed by atoms with Crippen molar-refractivity contribution in [3.63, 3.8) is 0 Å². The smallest absolute Gasteiger partial charge is 0.254 e. The maximum atomic E-state index is 13.2. The highest BCUT2D eigenvalue weighted by molar-refractivity contribution is 5.99. The Kier molecular flexibility index (Phi) is 4.04. The number of nitrogens with zero attached hydrogens (tertiary/aromatic N) is 2. The number of amides is 1. The van der Waals surface area contributed by atoms with Gasteiger partial charge < -0.3 is 19.0 Å². The zero-order valence-electron chi connectivity index (χ0n) is 15.6. The highest BCUT2D eigenvalue weighted by Crippen LogP contribution is 2.31. The van der Waals surface area contributed by atoms with E-state index in [-0.39, 0.29) is 11.8 Å². The number of aromatic amines is 1. The van der Waals surface area contributed by atoms with Crippen molar-refractivity contribution in [1.82, 2.24) is 14.9 Å². The molecule has 0 radical (unpaired) electrons. The monoisotopic (exact) mass is 375 g/mol. The summed E-state index contributed by atoms with van der Waals surface area (Å²) < 4.78 is 10.9. The Morgan fingerprint density at radius 2 is 2.18 bits per heavy atom. The van der Waals surface area contributed by atoms with Gasteiger partial charge in [-0.05, 0) is 43.2 Å². The Hall–Kier alpha value is -3.28. The number of piperidine rings is 1. The fourth-order valence-electron chi connectivity index (χ4n) is 4.06. The van der Waals surface area contributed by atoms with Gasteiger partial charge in [-0.2, -0.15) is 0 Å². The molecule has 0 aliphatic carbocycles. The first-order valence-corrected chi connectivity index (χ1v) is 9.52. The first kappa shape index (κ1) is 16.9. The number of fused-ring (bicyclic) bond motifs is 2. The van der Waals surface area contributed by atoms with Gasteiger partial charge in [-0.15, -0.1) is 0 Å². The predicted octanol–water partition coefficient (Wildman–Crippen LogP) is 4.34. The summed E-state index contributed by atoms with van der Waals surface area (Å²) in [5, 5.41) is 0.873. The van der Waals surface area contributed by atoms with Gasteiger partial charge in [-0.3, -0.25) is 4.79 Å². The molecule has 0 bridgehead atoms. The summed E-state index contributed by atoms with van der Waals surface area (Å²) in [6.07, 6.45) is 3.58. The molecule has 3 heterocycles. The fraction of sp³-hybridized carbons (Fsp3) is 0.273. The lowest BCUT2D eigenvalue weighted by Gasteiger charge is -2.32. The Morgan fingerprint density at radius 3 is 3.04 bits per heavy atom. The van der Waals surface area contributed by atoms with Crippen LogP contribution < -0.4 is 4.74 Å². The molecule has 6 heteroatoms. The number of carbonyl (C=O) groups excluding carboxylic acids is 1. The lowest BCUT2D eigenvalue weighted by atomic mass is 9.96. The van der Waals surface area contributed by atoms with Crippen LogP contribution in [0.5, 0.6) is 5.75 Å². The fourth-order valence-corrected chi connectivity index (χ4v) is 4.06. The number of ether oxygens (including phenoxy) is 1. The second-order valence-electron chi connectivity index (χ2n) is 7.24. The summed E-state index contributed by atoms with van der Waals surface area (Å²) in [5.74, 6) is 1.81. The lowest BCUT2D eigenvalue weighted by Crippen LogP contribution is -2.39. The van der Waals surface area contributed by atoms with E-state index in [9.17, 15) is 4.79 Å². The zero-order chi connectivity index (χ0) is 19.1. The van der Waals surface area contributed by atoms with Gasteiger partial charge in [0.1, 0.15) is 17.2 Å². The molecule has 142 valence electrons. The summed E-state index contributed by atoms with van der Waals surface area (Å²) in [5.41, 5.74) is 3.25. The van der Waals surface area contributed by atoms with Crippen molar-refractivity contribution in [2.24, 2.45) is 0 Å².